The van der Waals surface area contributed by atoms with Gasteiger partial charge >= 0.3 is 0 Å². The number of hydrogen-bond acceptors (Lipinski definition) is 4. The molecule has 0 aromatic carbocycles. The van der Waals surface area contributed by atoms with E-state index in [-0.39, 0.29) is 11.9 Å². The van der Waals surface area contributed by atoms with Gasteiger partial charge in [0.25, 0.3) is 0 Å². The number of amides is 1. The van der Waals surface area contributed by atoms with Gasteiger partial charge in [0, 0.05) is 25.1 Å². The molecule has 6 heteroatoms. The highest BCUT2D eigenvalue weighted by molar-refractivity contribution is 5.81. The molecule has 0 aliphatic carbocycles. The zero-order valence-corrected chi connectivity index (χ0v) is 11.8. The number of hydrogen-bond donors (Lipinski definition) is 2. The summed E-state index contributed by atoms with van der Waals surface area (Å²) >= 11 is 0. The molecule has 2 aromatic heterocycles. The molecule has 3 rings (SSSR count). The first kappa shape index (κ1) is 13.8. The Morgan fingerprint density at radius 2 is 2.38 bits per heavy atom. The number of aromatic nitrogens is 3. The van der Waals surface area contributed by atoms with Crippen LogP contribution in [0.2, 0.25) is 0 Å². The van der Waals surface area contributed by atoms with E-state index in [4.69, 9.17) is 0 Å². The summed E-state index contributed by atoms with van der Waals surface area (Å²) in [6.45, 7) is 1.44. The minimum absolute atomic E-state index is 0.0475. The molecule has 1 aliphatic rings. The van der Waals surface area contributed by atoms with Crippen LogP contribution in [-0.4, -0.2) is 33.0 Å². The number of carbonyl (C=O) groups is 1. The number of piperidine rings is 1. The van der Waals surface area contributed by atoms with E-state index < -0.39 is 0 Å². The molecular weight excluding hydrogens is 266 g/mol. The van der Waals surface area contributed by atoms with Crippen molar-refractivity contribution in [3.05, 3.63) is 42.6 Å². The largest absolute Gasteiger partial charge is 0.351 e. The van der Waals surface area contributed by atoms with Crippen LogP contribution in [-0.2, 0) is 11.3 Å². The molecular formula is C15H19N5O. The highest BCUT2D eigenvalue weighted by atomic mass is 16.2. The predicted molar refractivity (Wildman–Crippen MR) is 78.8 cm³/mol. The molecule has 0 saturated carbocycles. The van der Waals surface area contributed by atoms with Crippen LogP contribution < -0.4 is 10.6 Å². The third kappa shape index (κ3) is 3.46. The Kier molecular flexibility index (Phi) is 4.25. The second-order valence-electron chi connectivity index (χ2n) is 5.21. The standard InChI is InChI=1S/C15H19N5O/c21-15(13-3-1-2-5-17-13)19-10-12-4-6-18-14(9-12)20-8-7-16-11-20/h4,6-9,11,13,17H,1-3,5,10H2,(H,19,21)/t13-/m1/s1. The van der Waals surface area contributed by atoms with Crippen molar-refractivity contribution in [1.29, 1.82) is 0 Å². The van der Waals surface area contributed by atoms with Crippen molar-refractivity contribution in [2.45, 2.75) is 31.8 Å². The fourth-order valence-electron chi connectivity index (χ4n) is 2.49. The normalized spacial score (nSPS) is 18.4. The number of rotatable bonds is 4. The second kappa shape index (κ2) is 6.49. The predicted octanol–water partition coefficient (Wildman–Crippen LogP) is 1.03. The van der Waals surface area contributed by atoms with E-state index in [1.54, 1.807) is 18.7 Å². The number of carbonyl (C=O) groups excluding carboxylic acids is 1. The minimum Gasteiger partial charge on any atom is -0.351 e. The number of pyridine rings is 1. The van der Waals surface area contributed by atoms with Crippen molar-refractivity contribution in [2.24, 2.45) is 0 Å². The van der Waals surface area contributed by atoms with E-state index in [1.807, 2.05) is 22.9 Å². The maximum atomic E-state index is 12.1. The fourth-order valence-corrected chi connectivity index (χ4v) is 2.49. The van der Waals surface area contributed by atoms with Gasteiger partial charge in [0.2, 0.25) is 5.91 Å². The van der Waals surface area contributed by atoms with Gasteiger partial charge in [-0.1, -0.05) is 6.42 Å². The molecule has 110 valence electrons. The van der Waals surface area contributed by atoms with E-state index in [9.17, 15) is 4.79 Å². The summed E-state index contributed by atoms with van der Waals surface area (Å²) in [5.41, 5.74) is 1.03. The Labute approximate surface area is 123 Å². The first-order chi connectivity index (χ1) is 10.3. The third-order valence-electron chi connectivity index (χ3n) is 3.67. The number of nitrogens with zero attached hydrogens (tertiary/aromatic N) is 3. The fraction of sp³-hybridized carbons (Fsp3) is 0.400. The van der Waals surface area contributed by atoms with Crippen molar-refractivity contribution in [3.8, 4) is 5.82 Å². The number of imidazole rings is 1. The number of nitrogens with one attached hydrogen (secondary N) is 2. The molecule has 0 spiro atoms. The van der Waals surface area contributed by atoms with Crippen molar-refractivity contribution in [1.82, 2.24) is 25.2 Å². The molecule has 1 fully saturated rings. The van der Waals surface area contributed by atoms with Crippen LogP contribution in [0.15, 0.2) is 37.1 Å². The lowest BCUT2D eigenvalue weighted by Crippen LogP contribution is -2.46. The minimum atomic E-state index is -0.0475. The SMILES string of the molecule is O=C(NCc1ccnc(-n2ccnc2)c1)[C@H]1CCCCN1. The Hall–Kier alpha value is -2.21. The smallest absolute Gasteiger partial charge is 0.237 e. The zero-order valence-electron chi connectivity index (χ0n) is 11.8. The van der Waals surface area contributed by atoms with Gasteiger partial charge in [-0.2, -0.15) is 0 Å². The first-order valence-corrected chi connectivity index (χ1v) is 7.27. The molecule has 0 bridgehead atoms. The first-order valence-electron chi connectivity index (χ1n) is 7.27. The Balaban J connectivity index is 1.60. The van der Waals surface area contributed by atoms with E-state index in [0.717, 1.165) is 37.2 Å². The van der Waals surface area contributed by atoms with Gasteiger partial charge < -0.3 is 10.6 Å². The topological polar surface area (TPSA) is 71.8 Å². The van der Waals surface area contributed by atoms with Crippen molar-refractivity contribution in [3.63, 3.8) is 0 Å². The van der Waals surface area contributed by atoms with Gasteiger partial charge in [0.1, 0.15) is 12.1 Å². The Bertz CT molecular complexity index is 590. The Morgan fingerprint density at radius 3 is 3.14 bits per heavy atom. The van der Waals surface area contributed by atoms with Crippen LogP contribution in [0.4, 0.5) is 0 Å². The summed E-state index contributed by atoms with van der Waals surface area (Å²) in [5, 5.41) is 6.24. The molecule has 1 atom stereocenters. The van der Waals surface area contributed by atoms with E-state index in [2.05, 4.69) is 20.6 Å². The molecule has 1 amide bonds. The maximum Gasteiger partial charge on any atom is 0.237 e. The third-order valence-corrected chi connectivity index (χ3v) is 3.67. The van der Waals surface area contributed by atoms with Crippen molar-refractivity contribution in [2.75, 3.05) is 6.54 Å². The second-order valence-corrected chi connectivity index (χ2v) is 5.21. The molecule has 3 heterocycles. The monoisotopic (exact) mass is 285 g/mol. The summed E-state index contributed by atoms with van der Waals surface area (Å²) in [5.74, 6) is 0.880. The summed E-state index contributed by atoms with van der Waals surface area (Å²) in [6.07, 6.45) is 10.2. The van der Waals surface area contributed by atoms with Crippen molar-refractivity contribution < 1.29 is 4.79 Å². The quantitative estimate of drug-likeness (QED) is 0.880. The summed E-state index contributed by atoms with van der Waals surface area (Å²) in [6, 6.07) is 3.82. The molecule has 2 N–H and O–H groups in total. The molecule has 1 aliphatic heterocycles. The van der Waals surface area contributed by atoms with E-state index >= 15 is 0 Å². The molecule has 2 aromatic rings. The van der Waals surface area contributed by atoms with Gasteiger partial charge in [-0.3, -0.25) is 9.36 Å². The van der Waals surface area contributed by atoms with Crippen LogP contribution in [0.1, 0.15) is 24.8 Å². The van der Waals surface area contributed by atoms with Crippen LogP contribution in [0.25, 0.3) is 5.82 Å². The zero-order chi connectivity index (χ0) is 14.5. The lowest BCUT2D eigenvalue weighted by molar-refractivity contribution is -0.123. The van der Waals surface area contributed by atoms with E-state index in [0.29, 0.717) is 6.54 Å². The average Bonchev–Trinajstić information content (AvgIpc) is 3.08. The highest BCUT2D eigenvalue weighted by Gasteiger charge is 2.19. The molecule has 6 nitrogen and oxygen atoms in total. The van der Waals surface area contributed by atoms with Crippen LogP contribution >= 0.6 is 0 Å². The molecule has 0 radical (unpaired) electrons. The Morgan fingerprint density at radius 1 is 1.43 bits per heavy atom. The van der Waals surface area contributed by atoms with E-state index in [1.165, 1.54) is 0 Å². The van der Waals surface area contributed by atoms with Gasteiger partial charge in [-0.25, -0.2) is 9.97 Å². The summed E-state index contributed by atoms with van der Waals surface area (Å²) in [4.78, 5) is 20.4. The van der Waals surface area contributed by atoms with Gasteiger partial charge in [0.05, 0.1) is 6.04 Å². The van der Waals surface area contributed by atoms with Crippen molar-refractivity contribution >= 4 is 5.91 Å². The lowest BCUT2D eigenvalue weighted by Gasteiger charge is -2.22. The summed E-state index contributed by atoms with van der Waals surface area (Å²) in [7, 11) is 0. The van der Waals surface area contributed by atoms with Gasteiger partial charge in [-0.05, 0) is 37.1 Å². The lowest BCUT2D eigenvalue weighted by atomic mass is 10.0. The van der Waals surface area contributed by atoms with Crippen LogP contribution in [0.3, 0.4) is 0 Å². The van der Waals surface area contributed by atoms with Gasteiger partial charge in [-0.15, -0.1) is 0 Å². The molecule has 1 saturated heterocycles. The van der Waals surface area contributed by atoms with Crippen LogP contribution in [0.5, 0.6) is 0 Å². The van der Waals surface area contributed by atoms with Crippen LogP contribution in [0, 0.1) is 0 Å². The summed E-state index contributed by atoms with van der Waals surface area (Å²) < 4.78 is 1.84. The van der Waals surface area contributed by atoms with Gasteiger partial charge in [0.15, 0.2) is 0 Å². The average molecular weight is 285 g/mol. The molecule has 0 unspecified atom stereocenters. The maximum absolute atomic E-state index is 12.1. The molecule has 21 heavy (non-hydrogen) atoms. The highest BCUT2D eigenvalue weighted by Crippen LogP contribution is 2.09.